The van der Waals surface area contributed by atoms with Gasteiger partial charge in [0.2, 0.25) is 0 Å². The molecule has 1 atom stereocenters. The van der Waals surface area contributed by atoms with Crippen LogP contribution in [-0.2, 0) is 11.2 Å². The van der Waals surface area contributed by atoms with Gasteiger partial charge in [-0.2, -0.15) is 0 Å². The van der Waals surface area contributed by atoms with Crippen molar-refractivity contribution >= 4 is 17.5 Å². The molecule has 0 saturated carbocycles. The minimum absolute atomic E-state index is 0.546. The van der Waals surface area contributed by atoms with Gasteiger partial charge in [-0.25, -0.2) is 0 Å². The smallest absolute Gasteiger partial charge is 0.310 e. The summed E-state index contributed by atoms with van der Waals surface area (Å²) < 4.78 is 3.76. The maximum Gasteiger partial charge on any atom is 0.310 e. The molecule has 0 fully saturated rings. The molecule has 2 rings (SSSR count). The zero-order valence-corrected chi connectivity index (χ0v) is 9.04. The van der Waals surface area contributed by atoms with E-state index in [-0.39, 0.29) is 0 Å². The minimum atomic E-state index is -0.708. The van der Waals surface area contributed by atoms with E-state index in [2.05, 4.69) is 9.59 Å². The Hall–Kier alpha value is -1.23. The second-order valence-corrected chi connectivity index (χ2v) is 4.73. The molecular weight excluding hydrogens is 212 g/mol. The van der Waals surface area contributed by atoms with Crippen LogP contribution in [0.1, 0.15) is 24.1 Å². The third-order valence-electron chi connectivity index (χ3n) is 2.84. The largest absolute Gasteiger partial charge is 0.481 e. The number of aliphatic carboxylic acids is 1. The first-order valence-electron chi connectivity index (χ1n) is 4.88. The van der Waals surface area contributed by atoms with Gasteiger partial charge >= 0.3 is 5.97 Å². The summed E-state index contributed by atoms with van der Waals surface area (Å²) in [5, 5.41) is 13.1. The SMILES string of the molecule is O=C(O)C1(Cc2cnns2)CC=CCC1. The average Bonchev–Trinajstić information content (AvgIpc) is 2.71. The molecule has 0 spiro atoms. The molecule has 0 bridgehead atoms. The molecule has 1 N–H and O–H groups in total. The fraction of sp³-hybridized carbons (Fsp3) is 0.500. The van der Waals surface area contributed by atoms with Crippen LogP contribution in [0.3, 0.4) is 0 Å². The van der Waals surface area contributed by atoms with Crippen LogP contribution in [0.2, 0.25) is 0 Å². The molecule has 80 valence electrons. The molecule has 1 heterocycles. The van der Waals surface area contributed by atoms with Gasteiger partial charge in [0.15, 0.2) is 0 Å². The molecule has 1 unspecified atom stereocenters. The first-order valence-corrected chi connectivity index (χ1v) is 5.65. The molecule has 0 radical (unpaired) electrons. The Morgan fingerprint density at radius 2 is 2.47 bits per heavy atom. The Morgan fingerprint density at radius 3 is 3.00 bits per heavy atom. The second kappa shape index (κ2) is 4.10. The van der Waals surface area contributed by atoms with Crippen molar-refractivity contribution in [3.05, 3.63) is 23.2 Å². The third kappa shape index (κ3) is 2.07. The Bertz CT molecular complexity index is 375. The molecule has 15 heavy (non-hydrogen) atoms. The Morgan fingerprint density at radius 1 is 1.60 bits per heavy atom. The summed E-state index contributed by atoms with van der Waals surface area (Å²) in [7, 11) is 0. The number of hydrogen-bond acceptors (Lipinski definition) is 4. The lowest BCUT2D eigenvalue weighted by atomic mass is 9.74. The normalized spacial score (nSPS) is 25.3. The molecule has 1 aliphatic rings. The zero-order chi connectivity index (χ0) is 10.7. The molecule has 4 nitrogen and oxygen atoms in total. The summed E-state index contributed by atoms with van der Waals surface area (Å²) in [5.74, 6) is -0.708. The molecular formula is C10H12N2O2S. The van der Waals surface area contributed by atoms with E-state index in [1.54, 1.807) is 6.20 Å². The van der Waals surface area contributed by atoms with Crippen molar-refractivity contribution in [3.63, 3.8) is 0 Å². The Kier molecular flexibility index (Phi) is 2.81. The van der Waals surface area contributed by atoms with E-state index in [1.165, 1.54) is 11.5 Å². The summed E-state index contributed by atoms with van der Waals surface area (Å²) in [6.07, 6.45) is 8.38. The molecule has 1 aromatic rings. The summed E-state index contributed by atoms with van der Waals surface area (Å²) in [6, 6.07) is 0. The highest BCUT2D eigenvalue weighted by atomic mass is 32.1. The van der Waals surface area contributed by atoms with Crippen LogP contribution in [-0.4, -0.2) is 20.7 Å². The van der Waals surface area contributed by atoms with E-state index in [0.717, 1.165) is 11.3 Å². The molecule has 0 aromatic carbocycles. The second-order valence-electron chi connectivity index (χ2n) is 3.86. The molecule has 0 saturated heterocycles. The monoisotopic (exact) mass is 224 g/mol. The lowest BCUT2D eigenvalue weighted by Crippen LogP contribution is -2.33. The summed E-state index contributed by atoms with van der Waals surface area (Å²) in [4.78, 5) is 12.3. The van der Waals surface area contributed by atoms with Crippen LogP contribution in [0.25, 0.3) is 0 Å². The molecule has 0 aliphatic heterocycles. The van der Waals surface area contributed by atoms with E-state index >= 15 is 0 Å². The maximum absolute atomic E-state index is 11.3. The van der Waals surface area contributed by atoms with Gasteiger partial charge < -0.3 is 5.11 Å². The van der Waals surface area contributed by atoms with Gasteiger partial charge in [0.25, 0.3) is 0 Å². The Labute approximate surface area is 91.8 Å². The van der Waals surface area contributed by atoms with Gasteiger partial charge in [-0.3, -0.25) is 4.79 Å². The van der Waals surface area contributed by atoms with Crippen LogP contribution >= 0.6 is 11.5 Å². The van der Waals surface area contributed by atoms with E-state index in [1.807, 2.05) is 12.2 Å². The van der Waals surface area contributed by atoms with Crippen LogP contribution < -0.4 is 0 Å². The number of carboxylic acids is 1. The first-order chi connectivity index (χ1) is 7.23. The molecule has 1 aromatic heterocycles. The molecule has 1 aliphatic carbocycles. The van der Waals surface area contributed by atoms with Crippen LogP contribution in [0.15, 0.2) is 18.3 Å². The van der Waals surface area contributed by atoms with E-state index in [9.17, 15) is 9.90 Å². The number of rotatable bonds is 3. The topological polar surface area (TPSA) is 63.1 Å². The summed E-state index contributed by atoms with van der Waals surface area (Å²) in [5.41, 5.74) is -0.636. The van der Waals surface area contributed by atoms with E-state index in [4.69, 9.17) is 0 Å². The van der Waals surface area contributed by atoms with Crippen molar-refractivity contribution in [1.29, 1.82) is 0 Å². The summed E-state index contributed by atoms with van der Waals surface area (Å²) in [6.45, 7) is 0. The number of carboxylic acid groups (broad SMARTS) is 1. The fourth-order valence-electron chi connectivity index (χ4n) is 1.92. The van der Waals surface area contributed by atoms with Gasteiger partial charge in [0, 0.05) is 11.3 Å². The number of carbonyl (C=O) groups is 1. The number of allylic oxidation sites excluding steroid dienone is 2. The van der Waals surface area contributed by atoms with Gasteiger partial charge in [0.1, 0.15) is 0 Å². The summed E-state index contributed by atoms with van der Waals surface area (Å²) >= 11 is 1.28. The highest BCUT2D eigenvalue weighted by molar-refractivity contribution is 7.05. The highest BCUT2D eigenvalue weighted by Crippen LogP contribution is 2.37. The third-order valence-corrected chi connectivity index (χ3v) is 3.50. The zero-order valence-electron chi connectivity index (χ0n) is 8.22. The van der Waals surface area contributed by atoms with Crippen molar-refractivity contribution in [2.45, 2.75) is 25.7 Å². The quantitative estimate of drug-likeness (QED) is 0.796. The van der Waals surface area contributed by atoms with Crippen molar-refractivity contribution in [3.8, 4) is 0 Å². The van der Waals surface area contributed by atoms with Crippen molar-refractivity contribution < 1.29 is 9.90 Å². The standard InChI is InChI=1S/C10H12N2O2S/c13-9(14)10(4-2-1-3-5-10)6-8-7-11-12-15-8/h1-2,7H,3-6H2,(H,13,14). The van der Waals surface area contributed by atoms with Gasteiger partial charge in [-0.1, -0.05) is 16.6 Å². The van der Waals surface area contributed by atoms with Gasteiger partial charge in [0.05, 0.1) is 11.6 Å². The number of nitrogens with zero attached hydrogens (tertiary/aromatic N) is 2. The van der Waals surface area contributed by atoms with Crippen molar-refractivity contribution in [1.82, 2.24) is 9.59 Å². The molecule has 0 amide bonds. The number of hydrogen-bond donors (Lipinski definition) is 1. The lowest BCUT2D eigenvalue weighted by molar-refractivity contribution is -0.149. The average molecular weight is 224 g/mol. The first kappa shape index (κ1) is 10.3. The predicted molar refractivity (Wildman–Crippen MR) is 56.7 cm³/mol. The van der Waals surface area contributed by atoms with Gasteiger partial charge in [-0.15, -0.1) is 5.10 Å². The van der Waals surface area contributed by atoms with E-state index < -0.39 is 11.4 Å². The fourth-order valence-corrected chi connectivity index (χ4v) is 2.55. The lowest BCUT2D eigenvalue weighted by Gasteiger charge is -2.29. The van der Waals surface area contributed by atoms with Crippen LogP contribution in [0.5, 0.6) is 0 Å². The predicted octanol–water partition coefficient (Wildman–Crippen LogP) is 1.89. The maximum atomic E-state index is 11.3. The van der Waals surface area contributed by atoms with Crippen molar-refractivity contribution in [2.24, 2.45) is 5.41 Å². The van der Waals surface area contributed by atoms with Crippen molar-refractivity contribution in [2.75, 3.05) is 0 Å². The molecule has 5 heteroatoms. The van der Waals surface area contributed by atoms with Crippen LogP contribution in [0, 0.1) is 5.41 Å². The van der Waals surface area contributed by atoms with E-state index in [0.29, 0.717) is 19.3 Å². The highest BCUT2D eigenvalue weighted by Gasteiger charge is 2.38. The van der Waals surface area contributed by atoms with Gasteiger partial charge in [-0.05, 0) is 30.8 Å². The number of aromatic nitrogens is 2. The Balaban J connectivity index is 2.20. The minimum Gasteiger partial charge on any atom is -0.481 e. The van der Waals surface area contributed by atoms with Crippen LogP contribution in [0.4, 0.5) is 0 Å².